The van der Waals surface area contributed by atoms with Gasteiger partial charge in [-0.2, -0.15) is 0 Å². The zero-order valence-corrected chi connectivity index (χ0v) is 9.59. The molecule has 3 heterocycles. The third-order valence-corrected chi connectivity index (χ3v) is 3.07. The van der Waals surface area contributed by atoms with Gasteiger partial charge in [0.1, 0.15) is 0 Å². The van der Waals surface area contributed by atoms with Crippen molar-refractivity contribution in [2.24, 2.45) is 0 Å². The summed E-state index contributed by atoms with van der Waals surface area (Å²) < 4.78 is 6.93. The number of thiazole rings is 1. The van der Waals surface area contributed by atoms with Crippen LogP contribution in [-0.4, -0.2) is 20.0 Å². The largest absolute Gasteiger partial charge is 0.462 e. The second-order valence-electron chi connectivity index (χ2n) is 3.46. The van der Waals surface area contributed by atoms with Crippen molar-refractivity contribution in [2.75, 3.05) is 5.73 Å². The fraction of sp³-hybridized carbons (Fsp3) is 0.100. The van der Waals surface area contributed by atoms with Gasteiger partial charge in [-0.3, -0.25) is 0 Å². The molecule has 3 aromatic rings. The molecule has 3 rings (SSSR count). The molecule has 0 aliphatic heterocycles. The highest BCUT2D eigenvalue weighted by Gasteiger charge is 2.07. The molecule has 0 atom stereocenters. The average molecular weight is 247 g/mol. The monoisotopic (exact) mass is 247 g/mol. The Hall–Kier alpha value is -2.15. The molecule has 0 saturated carbocycles. The molecule has 0 spiro atoms. The van der Waals surface area contributed by atoms with Crippen LogP contribution >= 0.6 is 11.3 Å². The standard InChI is InChI=1S/C10H9N5OS/c11-9-5-15(14-13-9)4-7-6-17-10(12-7)8-2-1-3-16-8/h1-3,5-6H,4,11H2. The summed E-state index contributed by atoms with van der Waals surface area (Å²) in [6.45, 7) is 0.557. The summed E-state index contributed by atoms with van der Waals surface area (Å²) in [6, 6.07) is 3.73. The lowest BCUT2D eigenvalue weighted by Crippen LogP contribution is -2.00. The molecule has 6 nitrogen and oxygen atoms in total. The molecule has 17 heavy (non-hydrogen) atoms. The van der Waals surface area contributed by atoms with E-state index in [0.29, 0.717) is 12.4 Å². The first-order valence-electron chi connectivity index (χ1n) is 4.95. The van der Waals surface area contributed by atoms with Crippen LogP contribution < -0.4 is 5.73 Å². The van der Waals surface area contributed by atoms with E-state index in [0.717, 1.165) is 16.5 Å². The second kappa shape index (κ2) is 4.02. The van der Waals surface area contributed by atoms with Crippen LogP contribution in [0.15, 0.2) is 34.4 Å². The molecule has 7 heteroatoms. The highest BCUT2D eigenvalue weighted by molar-refractivity contribution is 7.13. The maximum Gasteiger partial charge on any atom is 0.165 e. The van der Waals surface area contributed by atoms with Crippen LogP contribution in [-0.2, 0) is 6.54 Å². The Morgan fingerprint density at radius 1 is 1.47 bits per heavy atom. The predicted molar refractivity (Wildman–Crippen MR) is 63.4 cm³/mol. The fourth-order valence-electron chi connectivity index (χ4n) is 1.45. The molecule has 3 aromatic heterocycles. The molecule has 0 aliphatic rings. The van der Waals surface area contributed by atoms with E-state index in [9.17, 15) is 0 Å². The molecule has 0 saturated heterocycles. The zero-order valence-electron chi connectivity index (χ0n) is 8.78. The fourth-order valence-corrected chi connectivity index (χ4v) is 2.23. The Morgan fingerprint density at radius 2 is 2.41 bits per heavy atom. The van der Waals surface area contributed by atoms with Crippen LogP contribution in [0.4, 0.5) is 5.82 Å². The topological polar surface area (TPSA) is 82.8 Å². The van der Waals surface area contributed by atoms with E-state index in [-0.39, 0.29) is 0 Å². The Bertz CT molecular complexity index is 612. The number of anilines is 1. The minimum Gasteiger partial charge on any atom is -0.462 e. The highest BCUT2D eigenvalue weighted by Crippen LogP contribution is 2.24. The lowest BCUT2D eigenvalue weighted by atomic mass is 10.4. The van der Waals surface area contributed by atoms with E-state index in [1.54, 1.807) is 17.1 Å². The predicted octanol–water partition coefficient (Wildman–Crippen LogP) is 1.63. The molecule has 0 radical (unpaired) electrons. The van der Waals surface area contributed by atoms with Crippen molar-refractivity contribution in [3.8, 4) is 10.8 Å². The Morgan fingerprint density at radius 3 is 3.12 bits per heavy atom. The number of nitrogens with zero attached hydrogens (tertiary/aromatic N) is 4. The summed E-state index contributed by atoms with van der Waals surface area (Å²) >= 11 is 1.54. The van der Waals surface area contributed by atoms with Crippen molar-refractivity contribution in [1.29, 1.82) is 0 Å². The quantitative estimate of drug-likeness (QED) is 0.760. The lowest BCUT2D eigenvalue weighted by Gasteiger charge is -1.94. The van der Waals surface area contributed by atoms with Crippen LogP contribution in [0.1, 0.15) is 5.69 Å². The Kier molecular flexibility index (Phi) is 2.37. The van der Waals surface area contributed by atoms with Gasteiger partial charge in [0.05, 0.1) is 24.7 Å². The van der Waals surface area contributed by atoms with Crippen molar-refractivity contribution in [3.63, 3.8) is 0 Å². The van der Waals surface area contributed by atoms with Gasteiger partial charge in [0.25, 0.3) is 0 Å². The first-order valence-corrected chi connectivity index (χ1v) is 5.83. The maximum atomic E-state index is 5.49. The van der Waals surface area contributed by atoms with Gasteiger partial charge in [0, 0.05) is 5.38 Å². The lowest BCUT2D eigenvalue weighted by molar-refractivity contribution is 0.581. The van der Waals surface area contributed by atoms with Crippen molar-refractivity contribution >= 4 is 17.2 Å². The van der Waals surface area contributed by atoms with Crippen LogP contribution in [0.3, 0.4) is 0 Å². The van der Waals surface area contributed by atoms with Crippen molar-refractivity contribution in [2.45, 2.75) is 6.54 Å². The molecule has 2 N–H and O–H groups in total. The molecular weight excluding hydrogens is 238 g/mol. The zero-order chi connectivity index (χ0) is 11.7. The molecule has 0 fully saturated rings. The summed E-state index contributed by atoms with van der Waals surface area (Å²) in [5.41, 5.74) is 6.40. The summed E-state index contributed by atoms with van der Waals surface area (Å²) in [5, 5.41) is 10.4. The van der Waals surface area contributed by atoms with Crippen molar-refractivity contribution in [1.82, 2.24) is 20.0 Å². The molecule has 0 aromatic carbocycles. The smallest absolute Gasteiger partial charge is 0.165 e. The second-order valence-corrected chi connectivity index (χ2v) is 4.32. The summed E-state index contributed by atoms with van der Waals surface area (Å²) in [6.07, 6.45) is 3.31. The molecular formula is C10H9N5OS. The van der Waals surface area contributed by atoms with Gasteiger partial charge in [-0.1, -0.05) is 5.21 Å². The van der Waals surface area contributed by atoms with Crippen LogP contribution in [0.25, 0.3) is 10.8 Å². The van der Waals surface area contributed by atoms with Crippen LogP contribution in [0.2, 0.25) is 0 Å². The van der Waals surface area contributed by atoms with Crippen molar-refractivity contribution in [3.05, 3.63) is 35.7 Å². The third kappa shape index (κ3) is 2.04. The summed E-state index contributed by atoms with van der Waals surface area (Å²) in [5.74, 6) is 1.19. The highest BCUT2D eigenvalue weighted by atomic mass is 32.1. The molecule has 0 amide bonds. The Balaban J connectivity index is 1.81. The van der Waals surface area contributed by atoms with E-state index in [1.807, 2.05) is 17.5 Å². The van der Waals surface area contributed by atoms with Crippen molar-refractivity contribution < 1.29 is 4.42 Å². The number of furan rings is 1. The van der Waals surface area contributed by atoms with Gasteiger partial charge in [-0.25, -0.2) is 9.67 Å². The minimum absolute atomic E-state index is 0.409. The van der Waals surface area contributed by atoms with E-state index in [4.69, 9.17) is 10.2 Å². The number of rotatable bonds is 3. The summed E-state index contributed by atoms with van der Waals surface area (Å²) in [7, 11) is 0. The number of nitrogen functional groups attached to an aromatic ring is 1. The minimum atomic E-state index is 0.409. The summed E-state index contributed by atoms with van der Waals surface area (Å²) in [4.78, 5) is 4.45. The molecule has 0 aliphatic carbocycles. The number of aromatic nitrogens is 4. The maximum absolute atomic E-state index is 5.49. The number of hydrogen-bond donors (Lipinski definition) is 1. The van der Waals surface area contributed by atoms with E-state index >= 15 is 0 Å². The first kappa shape index (κ1) is 10.0. The molecule has 0 bridgehead atoms. The van der Waals surface area contributed by atoms with E-state index in [1.165, 1.54) is 11.3 Å². The van der Waals surface area contributed by atoms with Crippen LogP contribution in [0, 0.1) is 0 Å². The molecule has 86 valence electrons. The van der Waals surface area contributed by atoms with E-state index < -0.39 is 0 Å². The van der Waals surface area contributed by atoms with Gasteiger partial charge in [0.2, 0.25) is 0 Å². The number of hydrogen-bond acceptors (Lipinski definition) is 6. The number of nitrogens with two attached hydrogens (primary N) is 1. The Labute approximate surface area is 101 Å². The van der Waals surface area contributed by atoms with E-state index in [2.05, 4.69) is 15.3 Å². The van der Waals surface area contributed by atoms with Gasteiger partial charge in [0.15, 0.2) is 16.6 Å². The van der Waals surface area contributed by atoms with Gasteiger partial charge < -0.3 is 10.2 Å². The SMILES string of the molecule is Nc1cn(Cc2csc(-c3ccco3)n2)nn1. The molecule has 0 unspecified atom stereocenters. The van der Waals surface area contributed by atoms with Gasteiger partial charge >= 0.3 is 0 Å². The van der Waals surface area contributed by atoms with Gasteiger partial charge in [-0.05, 0) is 12.1 Å². The third-order valence-electron chi connectivity index (χ3n) is 2.16. The normalized spacial score (nSPS) is 10.8. The van der Waals surface area contributed by atoms with Crippen LogP contribution in [0.5, 0.6) is 0 Å². The first-order chi connectivity index (χ1) is 8.31. The average Bonchev–Trinajstić information content (AvgIpc) is 3.00. The van der Waals surface area contributed by atoms with Gasteiger partial charge in [-0.15, -0.1) is 16.4 Å².